The van der Waals surface area contributed by atoms with Crippen LogP contribution in [0.2, 0.25) is 0 Å². The van der Waals surface area contributed by atoms with Gasteiger partial charge in [-0.2, -0.15) is 0 Å². The molecule has 24 heavy (non-hydrogen) atoms. The van der Waals surface area contributed by atoms with E-state index in [2.05, 4.69) is 9.97 Å². The zero-order valence-electron chi connectivity index (χ0n) is 13.1. The van der Waals surface area contributed by atoms with E-state index in [1.807, 2.05) is 42.5 Å². The number of morpholine rings is 1. The third-order valence-corrected chi connectivity index (χ3v) is 4.24. The van der Waals surface area contributed by atoms with Crippen molar-refractivity contribution in [1.82, 2.24) is 14.9 Å². The quantitative estimate of drug-likeness (QED) is 0.758. The molecule has 1 aliphatic rings. The van der Waals surface area contributed by atoms with E-state index in [4.69, 9.17) is 10.5 Å². The lowest BCUT2D eigenvalue weighted by atomic mass is 10.1. The van der Waals surface area contributed by atoms with Gasteiger partial charge in [0.15, 0.2) is 0 Å². The molecule has 1 saturated heterocycles. The van der Waals surface area contributed by atoms with Crippen LogP contribution in [0.25, 0.3) is 10.9 Å². The number of nitrogens with two attached hydrogens (primary N) is 1. The minimum atomic E-state index is -0.254. The maximum absolute atomic E-state index is 12.8. The monoisotopic (exact) mass is 322 g/mol. The van der Waals surface area contributed by atoms with E-state index in [1.54, 1.807) is 11.0 Å². The fraction of sp³-hybridized carbons (Fsp3) is 0.222. The maximum atomic E-state index is 12.8. The van der Waals surface area contributed by atoms with Gasteiger partial charge in [0.2, 0.25) is 0 Å². The van der Waals surface area contributed by atoms with Crippen LogP contribution in [0.3, 0.4) is 0 Å². The number of amides is 1. The Morgan fingerprint density at radius 2 is 2.12 bits per heavy atom. The van der Waals surface area contributed by atoms with Crippen LogP contribution >= 0.6 is 0 Å². The number of nitrogen functional groups attached to an aromatic ring is 1. The standard InChI is InChI=1S/C18H18N4O2/c19-17-7-3-6-14(21-17)16-11-22(8-9-24-16)18(23)15-10-12-4-1-2-5-13(12)20-15/h1-7,10,16,20H,8-9,11H2,(H2,19,21)/t16-/m1/s1. The smallest absolute Gasteiger partial charge is 0.270 e. The Morgan fingerprint density at radius 3 is 2.96 bits per heavy atom. The molecular formula is C18H18N4O2. The third kappa shape index (κ3) is 2.72. The number of aromatic amines is 1. The predicted molar refractivity (Wildman–Crippen MR) is 91.5 cm³/mol. The van der Waals surface area contributed by atoms with Gasteiger partial charge in [-0.3, -0.25) is 4.79 Å². The van der Waals surface area contributed by atoms with E-state index in [9.17, 15) is 4.79 Å². The number of ether oxygens (including phenoxy) is 1. The molecule has 1 amide bonds. The first-order valence-electron chi connectivity index (χ1n) is 7.92. The summed E-state index contributed by atoms with van der Waals surface area (Å²) in [5, 5.41) is 1.03. The number of hydrogen-bond donors (Lipinski definition) is 2. The van der Waals surface area contributed by atoms with E-state index < -0.39 is 0 Å². The van der Waals surface area contributed by atoms with Crippen LogP contribution < -0.4 is 5.73 Å². The number of nitrogens with one attached hydrogen (secondary N) is 1. The van der Waals surface area contributed by atoms with Crippen molar-refractivity contribution in [3.8, 4) is 0 Å². The summed E-state index contributed by atoms with van der Waals surface area (Å²) in [5.74, 6) is 0.429. The summed E-state index contributed by atoms with van der Waals surface area (Å²) in [6.45, 7) is 1.50. The number of aromatic nitrogens is 2. The van der Waals surface area contributed by atoms with Crippen molar-refractivity contribution in [3.05, 3.63) is 59.9 Å². The SMILES string of the molecule is Nc1cccc([C@H]2CN(C(=O)c3cc4ccccc4[nH]3)CCO2)n1. The van der Waals surface area contributed by atoms with Gasteiger partial charge in [0.05, 0.1) is 18.8 Å². The number of pyridine rings is 1. The van der Waals surface area contributed by atoms with Crippen molar-refractivity contribution < 1.29 is 9.53 Å². The van der Waals surface area contributed by atoms with Crippen molar-refractivity contribution in [2.24, 2.45) is 0 Å². The normalized spacial score (nSPS) is 18.0. The van der Waals surface area contributed by atoms with Crippen LogP contribution in [0.4, 0.5) is 5.82 Å². The molecule has 6 heteroatoms. The van der Waals surface area contributed by atoms with Gasteiger partial charge in [-0.1, -0.05) is 24.3 Å². The van der Waals surface area contributed by atoms with Gasteiger partial charge in [-0.25, -0.2) is 4.98 Å². The lowest BCUT2D eigenvalue weighted by molar-refractivity contribution is -0.0248. The molecule has 1 aromatic carbocycles. The number of nitrogens with zero attached hydrogens (tertiary/aromatic N) is 2. The highest BCUT2D eigenvalue weighted by Crippen LogP contribution is 2.23. The second-order valence-corrected chi connectivity index (χ2v) is 5.87. The van der Waals surface area contributed by atoms with Gasteiger partial charge < -0.3 is 20.4 Å². The van der Waals surface area contributed by atoms with Crippen LogP contribution in [0, 0.1) is 0 Å². The summed E-state index contributed by atoms with van der Waals surface area (Å²) in [7, 11) is 0. The van der Waals surface area contributed by atoms with E-state index in [0.717, 1.165) is 16.6 Å². The molecule has 3 N–H and O–H groups in total. The van der Waals surface area contributed by atoms with E-state index in [-0.39, 0.29) is 12.0 Å². The van der Waals surface area contributed by atoms with Crippen LogP contribution in [0.1, 0.15) is 22.3 Å². The van der Waals surface area contributed by atoms with Crippen molar-refractivity contribution in [2.45, 2.75) is 6.10 Å². The van der Waals surface area contributed by atoms with Crippen LogP contribution in [-0.4, -0.2) is 40.5 Å². The molecule has 0 unspecified atom stereocenters. The molecule has 2 aromatic heterocycles. The first-order chi connectivity index (χ1) is 11.7. The summed E-state index contributed by atoms with van der Waals surface area (Å²) in [4.78, 5) is 22.1. The number of fused-ring (bicyclic) bond motifs is 1. The molecule has 3 aromatic rings. The fourth-order valence-corrected chi connectivity index (χ4v) is 3.02. The molecule has 1 atom stereocenters. The molecule has 3 heterocycles. The second kappa shape index (κ2) is 5.98. The number of carbonyl (C=O) groups is 1. The molecule has 122 valence electrons. The Balaban J connectivity index is 1.56. The number of benzene rings is 1. The van der Waals surface area contributed by atoms with Gasteiger partial charge in [-0.15, -0.1) is 0 Å². The first kappa shape index (κ1) is 14.7. The average Bonchev–Trinajstić information content (AvgIpc) is 3.05. The largest absolute Gasteiger partial charge is 0.384 e. The van der Waals surface area contributed by atoms with Gasteiger partial charge in [0.1, 0.15) is 17.6 Å². The summed E-state index contributed by atoms with van der Waals surface area (Å²) >= 11 is 0. The Kier molecular flexibility index (Phi) is 3.66. The van der Waals surface area contributed by atoms with Crippen molar-refractivity contribution in [2.75, 3.05) is 25.4 Å². The minimum absolute atomic E-state index is 0.0246. The summed E-state index contributed by atoms with van der Waals surface area (Å²) in [6.07, 6.45) is -0.254. The molecular weight excluding hydrogens is 304 g/mol. The maximum Gasteiger partial charge on any atom is 0.270 e. The third-order valence-electron chi connectivity index (χ3n) is 4.24. The Labute approximate surface area is 139 Å². The lowest BCUT2D eigenvalue weighted by Crippen LogP contribution is -2.42. The van der Waals surface area contributed by atoms with Crippen molar-refractivity contribution in [3.63, 3.8) is 0 Å². The molecule has 0 aliphatic carbocycles. The number of hydrogen-bond acceptors (Lipinski definition) is 4. The number of anilines is 1. The highest BCUT2D eigenvalue weighted by molar-refractivity contribution is 5.98. The molecule has 4 rings (SSSR count). The summed E-state index contributed by atoms with van der Waals surface area (Å²) in [5.41, 5.74) is 8.05. The molecule has 0 radical (unpaired) electrons. The summed E-state index contributed by atoms with van der Waals surface area (Å²) in [6, 6.07) is 15.2. The van der Waals surface area contributed by atoms with E-state index in [0.29, 0.717) is 31.2 Å². The number of rotatable bonds is 2. The zero-order valence-corrected chi connectivity index (χ0v) is 13.1. The van der Waals surface area contributed by atoms with Gasteiger partial charge in [0.25, 0.3) is 5.91 Å². The van der Waals surface area contributed by atoms with Crippen LogP contribution in [0.5, 0.6) is 0 Å². The fourth-order valence-electron chi connectivity index (χ4n) is 3.02. The topological polar surface area (TPSA) is 84.2 Å². The Bertz CT molecular complexity index is 856. The van der Waals surface area contributed by atoms with Crippen LogP contribution in [0.15, 0.2) is 48.5 Å². The van der Waals surface area contributed by atoms with E-state index >= 15 is 0 Å². The lowest BCUT2D eigenvalue weighted by Gasteiger charge is -2.32. The molecule has 1 aliphatic heterocycles. The average molecular weight is 322 g/mol. The van der Waals surface area contributed by atoms with E-state index in [1.165, 1.54) is 0 Å². The molecule has 1 fully saturated rings. The van der Waals surface area contributed by atoms with Gasteiger partial charge >= 0.3 is 0 Å². The summed E-state index contributed by atoms with van der Waals surface area (Å²) < 4.78 is 5.77. The predicted octanol–water partition coefficient (Wildman–Crippen LogP) is 2.36. The molecule has 0 bridgehead atoms. The molecule has 0 spiro atoms. The minimum Gasteiger partial charge on any atom is -0.384 e. The first-order valence-corrected chi connectivity index (χ1v) is 7.92. The van der Waals surface area contributed by atoms with Gasteiger partial charge in [0, 0.05) is 17.4 Å². The zero-order chi connectivity index (χ0) is 16.5. The van der Waals surface area contributed by atoms with Crippen LogP contribution in [-0.2, 0) is 4.74 Å². The highest BCUT2D eigenvalue weighted by atomic mass is 16.5. The highest BCUT2D eigenvalue weighted by Gasteiger charge is 2.27. The Morgan fingerprint density at radius 1 is 1.25 bits per heavy atom. The Hall–Kier alpha value is -2.86. The van der Waals surface area contributed by atoms with Crippen molar-refractivity contribution >= 4 is 22.6 Å². The molecule has 6 nitrogen and oxygen atoms in total. The molecule has 0 saturated carbocycles. The number of carbonyl (C=O) groups excluding carboxylic acids is 1. The van der Waals surface area contributed by atoms with Gasteiger partial charge in [-0.05, 0) is 24.3 Å². The number of para-hydroxylation sites is 1. The van der Waals surface area contributed by atoms with Crippen molar-refractivity contribution in [1.29, 1.82) is 0 Å². The second-order valence-electron chi connectivity index (χ2n) is 5.87. The number of H-pyrrole nitrogens is 1.